The molecule has 0 radical (unpaired) electrons. The molecule has 1 N–H and O–H groups in total. The summed E-state index contributed by atoms with van der Waals surface area (Å²) in [7, 11) is 0. The molecule has 0 bridgehead atoms. The summed E-state index contributed by atoms with van der Waals surface area (Å²) in [4.78, 5) is 0. The third-order valence-corrected chi connectivity index (χ3v) is 3.46. The van der Waals surface area contributed by atoms with Gasteiger partial charge in [0.2, 0.25) is 0 Å². The molecule has 2 aromatic rings. The highest BCUT2D eigenvalue weighted by atomic mass is 35.5. The smallest absolute Gasteiger partial charge is 0.195 e. The number of hydrogen-bond acceptors (Lipinski definition) is 2. The molecule has 1 heterocycles. The monoisotopic (exact) mass is 285 g/mol. The summed E-state index contributed by atoms with van der Waals surface area (Å²) in [5.74, 6) is 0.807. The van der Waals surface area contributed by atoms with Crippen molar-refractivity contribution in [3.05, 3.63) is 33.0 Å². The van der Waals surface area contributed by atoms with Crippen LogP contribution in [0.5, 0.6) is 0 Å². The number of halogens is 2. The van der Waals surface area contributed by atoms with E-state index in [1.54, 1.807) is 6.07 Å². The Morgan fingerprint density at radius 3 is 2.47 bits per heavy atom. The van der Waals surface area contributed by atoms with Crippen LogP contribution < -0.4 is 0 Å². The molecule has 3 nitrogen and oxygen atoms in total. The molecule has 1 aromatic carbocycles. The third kappa shape index (κ3) is 2.12. The molecule has 1 saturated carbocycles. The standard InChI is InChI=1S/C11H9Cl2N3S/c12-7-3-6(4-8(13)5-7)10-14-15-11(17)16(10)9-1-2-9/h3-5,9H,1-2H2,(H,15,17). The maximum Gasteiger partial charge on any atom is 0.195 e. The van der Waals surface area contributed by atoms with Gasteiger partial charge in [0.1, 0.15) is 0 Å². The van der Waals surface area contributed by atoms with Gasteiger partial charge in [-0.25, -0.2) is 0 Å². The minimum absolute atomic E-state index is 0.467. The number of H-pyrrole nitrogens is 1. The van der Waals surface area contributed by atoms with Crippen LogP contribution in [0.2, 0.25) is 10.0 Å². The SMILES string of the molecule is S=c1[nH]nc(-c2cc(Cl)cc(Cl)c2)n1C1CC1. The second kappa shape index (κ2) is 4.12. The average molecular weight is 286 g/mol. The predicted molar refractivity (Wildman–Crippen MR) is 71.1 cm³/mol. The Labute approximate surface area is 113 Å². The summed E-state index contributed by atoms with van der Waals surface area (Å²) in [6.45, 7) is 0. The van der Waals surface area contributed by atoms with E-state index in [1.165, 1.54) is 0 Å². The van der Waals surface area contributed by atoms with Crippen molar-refractivity contribution in [2.75, 3.05) is 0 Å². The number of aromatic amines is 1. The Kier molecular flexibility index (Phi) is 2.73. The Balaban J connectivity index is 2.17. The van der Waals surface area contributed by atoms with Gasteiger partial charge in [0.05, 0.1) is 0 Å². The second-order valence-electron chi connectivity index (χ2n) is 4.11. The topological polar surface area (TPSA) is 33.6 Å². The van der Waals surface area contributed by atoms with E-state index < -0.39 is 0 Å². The van der Waals surface area contributed by atoms with Crippen LogP contribution >= 0.6 is 35.4 Å². The lowest BCUT2D eigenvalue weighted by atomic mass is 10.2. The Hall–Kier alpha value is -0.840. The van der Waals surface area contributed by atoms with Crippen LogP contribution in [-0.2, 0) is 0 Å². The van der Waals surface area contributed by atoms with Crippen molar-refractivity contribution >= 4 is 35.4 Å². The highest BCUT2D eigenvalue weighted by Crippen LogP contribution is 2.38. The van der Waals surface area contributed by atoms with Gasteiger partial charge in [0.25, 0.3) is 0 Å². The molecule has 0 atom stereocenters. The van der Waals surface area contributed by atoms with Crippen LogP contribution in [0, 0.1) is 4.77 Å². The average Bonchev–Trinajstić information content (AvgIpc) is 3.01. The largest absolute Gasteiger partial charge is 0.297 e. The summed E-state index contributed by atoms with van der Waals surface area (Å²) in [6, 6.07) is 5.86. The first kappa shape index (κ1) is 11.3. The van der Waals surface area contributed by atoms with Crippen LogP contribution in [0.15, 0.2) is 18.2 Å². The third-order valence-electron chi connectivity index (χ3n) is 2.74. The second-order valence-corrected chi connectivity index (χ2v) is 5.37. The molecule has 3 rings (SSSR count). The maximum atomic E-state index is 6.00. The zero-order valence-corrected chi connectivity index (χ0v) is 11.1. The van der Waals surface area contributed by atoms with Crippen LogP contribution in [0.25, 0.3) is 11.4 Å². The van der Waals surface area contributed by atoms with Crippen molar-refractivity contribution in [1.82, 2.24) is 14.8 Å². The predicted octanol–water partition coefficient (Wildman–Crippen LogP) is 4.25. The Morgan fingerprint density at radius 1 is 1.24 bits per heavy atom. The summed E-state index contributed by atoms with van der Waals surface area (Å²) < 4.78 is 2.69. The van der Waals surface area contributed by atoms with Gasteiger partial charge in [-0.05, 0) is 43.3 Å². The molecular weight excluding hydrogens is 277 g/mol. The zero-order valence-electron chi connectivity index (χ0n) is 8.78. The molecule has 0 aliphatic heterocycles. The zero-order chi connectivity index (χ0) is 12.0. The number of benzene rings is 1. The lowest BCUT2D eigenvalue weighted by Crippen LogP contribution is -1.97. The molecule has 0 unspecified atom stereocenters. The number of nitrogens with zero attached hydrogens (tertiary/aromatic N) is 2. The summed E-state index contributed by atoms with van der Waals surface area (Å²) in [6.07, 6.45) is 2.30. The number of aromatic nitrogens is 3. The van der Waals surface area contributed by atoms with E-state index in [-0.39, 0.29) is 0 Å². The first-order valence-electron chi connectivity index (χ1n) is 5.28. The van der Waals surface area contributed by atoms with E-state index in [4.69, 9.17) is 35.4 Å². The van der Waals surface area contributed by atoms with E-state index in [9.17, 15) is 0 Å². The van der Waals surface area contributed by atoms with Gasteiger partial charge in [-0.3, -0.25) is 9.67 Å². The minimum Gasteiger partial charge on any atom is -0.297 e. The van der Waals surface area contributed by atoms with E-state index in [1.807, 2.05) is 16.7 Å². The molecular formula is C11H9Cl2N3S. The van der Waals surface area contributed by atoms with Crippen molar-refractivity contribution < 1.29 is 0 Å². The van der Waals surface area contributed by atoms with Crippen molar-refractivity contribution in [3.63, 3.8) is 0 Å². The highest BCUT2D eigenvalue weighted by molar-refractivity contribution is 7.71. The first-order chi connectivity index (χ1) is 8.15. The molecule has 1 aliphatic rings. The van der Waals surface area contributed by atoms with E-state index in [2.05, 4.69) is 10.2 Å². The van der Waals surface area contributed by atoms with Crippen LogP contribution in [-0.4, -0.2) is 14.8 Å². The summed E-state index contributed by atoms with van der Waals surface area (Å²) in [5, 5.41) is 8.28. The normalized spacial score (nSPS) is 15.2. The van der Waals surface area contributed by atoms with Gasteiger partial charge in [-0.1, -0.05) is 23.2 Å². The molecule has 1 aliphatic carbocycles. The fourth-order valence-corrected chi connectivity index (χ4v) is 2.67. The van der Waals surface area contributed by atoms with E-state index in [0.29, 0.717) is 20.9 Å². The van der Waals surface area contributed by atoms with Gasteiger partial charge in [0, 0.05) is 21.7 Å². The Morgan fingerprint density at radius 2 is 1.88 bits per heavy atom. The lowest BCUT2D eigenvalue weighted by molar-refractivity contribution is 0.735. The molecule has 1 fully saturated rings. The van der Waals surface area contributed by atoms with Crippen molar-refractivity contribution in [2.24, 2.45) is 0 Å². The van der Waals surface area contributed by atoms with Gasteiger partial charge in [-0.15, -0.1) is 0 Å². The van der Waals surface area contributed by atoms with Crippen LogP contribution in [0.1, 0.15) is 18.9 Å². The molecule has 1 aromatic heterocycles. The Bertz CT molecular complexity index is 608. The molecule has 0 amide bonds. The molecule has 0 saturated heterocycles. The van der Waals surface area contributed by atoms with E-state index in [0.717, 1.165) is 24.2 Å². The van der Waals surface area contributed by atoms with Crippen LogP contribution in [0.3, 0.4) is 0 Å². The molecule has 0 spiro atoms. The maximum absolute atomic E-state index is 6.00. The minimum atomic E-state index is 0.467. The van der Waals surface area contributed by atoms with Crippen molar-refractivity contribution in [3.8, 4) is 11.4 Å². The quantitative estimate of drug-likeness (QED) is 0.837. The molecule has 6 heteroatoms. The highest BCUT2D eigenvalue weighted by Gasteiger charge is 2.27. The fourth-order valence-electron chi connectivity index (χ4n) is 1.86. The first-order valence-corrected chi connectivity index (χ1v) is 6.45. The van der Waals surface area contributed by atoms with Gasteiger partial charge in [-0.2, -0.15) is 5.10 Å². The van der Waals surface area contributed by atoms with Gasteiger partial charge in [0.15, 0.2) is 10.6 Å². The van der Waals surface area contributed by atoms with Gasteiger partial charge < -0.3 is 0 Å². The summed E-state index contributed by atoms with van der Waals surface area (Å²) >= 11 is 17.2. The molecule has 17 heavy (non-hydrogen) atoms. The van der Waals surface area contributed by atoms with E-state index >= 15 is 0 Å². The van der Waals surface area contributed by atoms with Crippen molar-refractivity contribution in [2.45, 2.75) is 18.9 Å². The van der Waals surface area contributed by atoms with Gasteiger partial charge >= 0.3 is 0 Å². The lowest BCUT2D eigenvalue weighted by Gasteiger charge is -2.05. The summed E-state index contributed by atoms with van der Waals surface area (Å²) in [5.41, 5.74) is 0.891. The van der Waals surface area contributed by atoms with Crippen LogP contribution in [0.4, 0.5) is 0 Å². The number of hydrogen-bond donors (Lipinski definition) is 1. The number of nitrogens with one attached hydrogen (secondary N) is 1. The number of rotatable bonds is 2. The fraction of sp³-hybridized carbons (Fsp3) is 0.273. The van der Waals surface area contributed by atoms with Crippen molar-refractivity contribution in [1.29, 1.82) is 0 Å². The molecule has 88 valence electrons.